The molecule has 2 aromatic carbocycles. The van der Waals surface area contributed by atoms with E-state index in [1.54, 1.807) is 12.1 Å². The molecule has 0 radical (unpaired) electrons. The van der Waals surface area contributed by atoms with Crippen LogP contribution in [0.25, 0.3) is 0 Å². The SMILES string of the molecule is O=C(COc1ccc(C2CCCCC2)cc1)N1N=C(c2ccc(Cl)cc2)C[C@]1(O)C(F)(F)C(F)(F)C(F)(F)F. The van der Waals surface area contributed by atoms with Crippen molar-refractivity contribution in [3.05, 3.63) is 64.7 Å². The van der Waals surface area contributed by atoms with Crippen molar-refractivity contribution in [2.75, 3.05) is 6.61 Å². The standard InChI is InChI=1S/C26H24ClF7N2O3/c27-19-10-6-18(7-11-19)21-14-23(38,24(28,29)25(30,31)26(32,33)34)36(35-21)22(37)15-39-20-12-8-17(9-13-20)16-4-2-1-3-5-16/h6-13,16,38H,1-5,14-15H2/t23-/m0/s1. The zero-order valence-corrected chi connectivity index (χ0v) is 21.1. The Bertz CT molecular complexity index is 1210. The highest BCUT2D eigenvalue weighted by atomic mass is 35.5. The molecule has 1 heterocycles. The van der Waals surface area contributed by atoms with E-state index in [0.717, 1.165) is 31.2 Å². The van der Waals surface area contributed by atoms with Crippen LogP contribution < -0.4 is 4.74 Å². The van der Waals surface area contributed by atoms with Crippen molar-refractivity contribution in [1.82, 2.24) is 5.01 Å². The van der Waals surface area contributed by atoms with Gasteiger partial charge in [0.2, 0.25) is 5.72 Å². The van der Waals surface area contributed by atoms with Crippen molar-refractivity contribution >= 4 is 23.2 Å². The third-order valence-corrected chi connectivity index (χ3v) is 7.22. The lowest BCUT2D eigenvalue weighted by molar-refractivity contribution is -0.401. The number of carbonyl (C=O) groups is 1. The molecule has 5 nitrogen and oxygen atoms in total. The number of hydrazone groups is 1. The average molecular weight is 581 g/mol. The number of amides is 1. The lowest BCUT2D eigenvalue weighted by Gasteiger charge is -2.41. The van der Waals surface area contributed by atoms with Gasteiger partial charge in [-0.25, -0.2) is 0 Å². The van der Waals surface area contributed by atoms with E-state index in [1.807, 2.05) is 0 Å². The summed E-state index contributed by atoms with van der Waals surface area (Å²) in [6.07, 6.45) is -2.83. The van der Waals surface area contributed by atoms with Gasteiger partial charge in [0.15, 0.2) is 6.61 Å². The van der Waals surface area contributed by atoms with E-state index >= 15 is 0 Å². The van der Waals surface area contributed by atoms with Crippen LogP contribution in [0.3, 0.4) is 0 Å². The van der Waals surface area contributed by atoms with Gasteiger partial charge in [0.05, 0.1) is 5.71 Å². The van der Waals surface area contributed by atoms with Crippen molar-refractivity contribution in [3.8, 4) is 5.75 Å². The first-order valence-electron chi connectivity index (χ1n) is 12.1. The Morgan fingerprint density at radius 3 is 2.13 bits per heavy atom. The molecule has 13 heteroatoms. The summed E-state index contributed by atoms with van der Waals surface area (Å²) in [6, 6.07) is 11.6. The van der Waals surface area contributed by atoms with Gasteiger partial charge >= 0.3 is 18.0 Å². The average Bonchev–Trinajstić information content (AvgIpc) is 3.27. The first-order chi connectivity index (χ1) is 18.2. The number of carbonyl (C=O) groups excluding carboxylic acids is 1. The van der Waals surface area contributed by atoms with Crippen molar-refractivity contribution in [3.63, 3.8) is 0 Å². The highest BCUT2D eigenvalue weighted by molar-refractivity contribution is 6.30. The van der Waals surface area contributed by atoms with Gasteiger partial charge in [0.1, 0.15) is 5.75 Å². The van der Waals surface area contributed by atoms with Gasteiger partial charge in [-0.2, -0.15) is 40.8 Å². The van der Waals surface area contributed by atoms with Crippen LogP contribution in [0.1, 0.15) is 55.6 Å². The minimum atomic E-state index is -6.74. The summed E-state index contributed by atoms with van der Waals surface area (Å²) >= 11 is 5.77. The van der Waals surface area contributed by atoms with Crippen molar-refractivity contribution in [2.24, 2.45) is 5.10 Å². The number of rotatable bonds is 7. The number of halogens is 8. The highest BCUT2D eigenvalue weighted by Crippen LogP contribution is 2.54. The maximum Gasteiger partial charge on any atom is 0.460 e. The minimum Gasteiger partial charge on any atom is -0.484 e. The smallest absolute Gasteiger partial charge is 0.460 e. The largest absolute Gasteiger partial charge is 0.484 e. The monoisotopic (exact) mass is 580 g/mol. The maximum atomic E-state index is 14.9. The van der Waals surface area contributed by atoms with E-state index < -0.39 is 53.4 Å². The molecule has 0 aromatic heterocycles. The minimum absolute atomic E-state index is 0.0292. The number of hydrogen-bond donors (Lipinski definition) is 1. The van der Waals surface area contributed by atoms with Crippen molar-refractivity contribution in [2.45, 2.75) is 68.2 Å². The van der Waals surface area contributed by atoms with Gasteiger partial charge < -0.3 is 9.84 Å². The molecule has 2 aliphatic rings. The molecule has 0 saturated heterocycles. The quantitative estimate of drug-likeness (QED) is 0.362. The Hall–Kier alpha value is -2.86. The molecule has 4 rings (SSSR count). The molecule has 1 aliphatic carbocycles. The second-order valence-electron chi connectivity index (χ2n) is 9.59. The van der Waals surface area contributed by atoms with Crippen molar-refractivity contribution < 1.29 is 45.4 Å². The van der Waals surface area contributed by atoms with Crippen LogP contribution in [-0.2, 0) is 4.79 Å². The number of nitrogens with zero attached hydrogens (tertiary/aromatic N) is 2. The van der Waals surface area contributed by atoms with E-state index in [2.05, 4.69) is 5.10 Å². The molecule has 39 heavy (non-hydrogen) atoms. The van der Waals surface area contributed by atoms with Crippen LogP contribution in [0.2, 0.25) is 5.02 Å². The number of ether oxygens (including phenoxy) is 1. The molecule has 0 bridgehead atoms. The molecular formula is C26H24ClF7N2O3. The molecule has 1 N–H and O–H groups in total. The lowest BCUT2D eigenvalue weighted by atomic mass is 9.84. The van der Waals surface area contributed by atoms with Gasteiger partial charge in [-0.05, 0) is 54.2 Å². The third kappa shape index (κ3) is 5.45. The molecule has 2 aromatic rings. The van der Waals surface area contributed by atoms with E-state index in [-0.39, 0.29) is 16.3 Å². The first kappa shape index (κ1) is 29.1. The van der Waals surface area contributed by atoms with E-state index in [0.29, 0.717) is 5.92 Å². The molecule has 0 unspecified atom stereocenters. The van der Waals surface area contributed by atoms with Crippen LogP contribution in [0.15, 0.2) is 53.6 Å². The fourth-order valence-electron chi connectivity index (χ4n) is 4.76. The summed E-state index contributed by atoms with van der Waals surface area (Å²) < 4.78 is 102. The summed E-state index contributed by atoms with van der Waals surface area (Å²) in [7, 11) is 0. The van der Waals surface area contributed by atoms with Gasteiger partial charge in [-0.3, -0.25) is 4.79 Å². The van der Waals surface area contributed by atoms with Crippen molar-refractivity contribution in [1.29, 1.82) is 0 Å². The van der Waals surface area contributed by atoms with Crippen LogP contribution in [0.5, 0.6) is 5.75 Å². The topological polar surface area (TPSA) is 62.1 Å². The Morgan fingerprint density at radius 1 is 0.974 bits per heavy atom. The Morgan fingerprint density at radius 2 is 1.56 bits per heavy atom. The zero-order chi connectivity index (χ0) is 28.6. The molecule has 1 atom stereocenters. The first-order valence-corrected chi connectivity index (χ1v) is 12.5. The van der Waals surface area contributed by atoms with Crippen LogP contribution in [0.4, 0.5) is 30.7 Å². The summed E-state index contributed by atoms with van der Waals surface area (Å²) in [4.78, 5) is 12.9. The normalized spacial score (nSPS) is 21.2. The highest BCUT2D eigenvalue weighted by Gasteiger charge is 2.82. The van der Waals surface area contributed by atoms with E-state index in [4.69, 9.17) is 16.3 Å². The van der Waals surface area contributed by atoms with Crippen LogP contribution >= 0.6 is 11.6 Å². The third-order valence-electron chi connectivity index (χ3n) is 6.97. The van der Waals surface area contributed by atoms with E-state index in [1.165, 1.54) is 42.8 Å². The Balaban J connectivity index is 1.59. The van der Waals surface area contributed by atoms with E-state index in [9.17, 15) is 40.6 Å². The van der Waals surface area contributed by atoms with Gasteiger partial charge in [0, 0.05) is 11.4 Å². The summed E-state index contributed by atoms with van der Waals surface area (Å²) in [5.74, 6) is -14.0. The summed E-state index contributed by atoms with van der Waals surface area (Å²) in [5.41, 5.74) is -3.87. The molecule has 212 valence electrons. The van der Waals surface area contributed by atoms with Gasteiger partial charge in [-0.1, -0.05) is 55.1 Å². The zero-order valence-electron chi connectivity index (χ0n) is 20.3. The molecule has 1 fully saturated rings. The van der Waals surface area contributed by atoms with Crippen LogP contribution in [0, 0.1) is 0 Å². The predicted molar refractivity (Wildman–Crippen MR) is 128 cm³/mol. The molecule has 1 amide bonds. The van der Waals surface area contributed by atoms with Crippen LogP contribution in [-0.4, -0.2) is 52.1 Å². The second-order valence-corrected chi connectivity index (χ2v) is 10.0. The molecule has 1 aliphatic heterocycles. The number of hydrogen-bond acceptors (Lipinski definition) is 4. The molecule has 1 saturated carbocycles. The maximum absolute atomic E-state index is 14.9. The summed E-state index contributed by atoms with van der Waals surface area (Å²) in [6.45, 7) is -1.07. The predicted octanol–water partition coefficient (Wildman–Crippen LogP) is 6.92. The fourth-order valence-corrected chi connectivity index (χ4v) is 4.89. The fraction of sp³-hybridized carbons (Fsp3) is 0.462. The molecular weight excluding hydrogens is 557 g/mol. The van der Waals surface area contributed by atoms with Gasteiger partial charge in [-0.15, -0.1) is 0 Å². The number of benzene rings is 2. The number of aliphatic hydroxyl groups is 1. The van der Waals surface area contributed by atoms with Gasteiger partial charge in [0.25, 0.3) is 5.91 Å². The number of alkyl halides is 7. The lowest BCUT2D eigenvalue weighted by Crippen LogP contribution is -2.69. The Labute approximate surface area is 224 Å². The molecule has 0 spiro atoms. The summed E-state index contributed by atoms with van der Waals surface area (Å²) in [5, 5.41) is 14.0. The second kappa shape index (κ2) is 10.6. The Kier molecular flexibility index (Phi) is 7.92.